The summed E-state index contributed by atoms with van der Waals surface area (Å²) in [4.78, 5) is 4.18. The molecule has 0 fully saturated rings. The van der Waals surface area contributed by atoms with Crippen molar-refractivity contribution in [3.05, 3.63) is 71.4 Å². The zero-order chi connectivity index (χ0) is 16.1. The van der Waals surface area contributed by atoms with Crippen LogP contribution in [0.2, 0.25) is 0 Å². The number of benzene rings is 1. The Hall–Kier alpha value is -2.61. The van der Waals surface area contributed by atoms with Crippen molar-refractivity contribution in [1.82, 2.24) is 10.1 Å². The molecule has 8 heteroatoms. The Balaban J connectivity index is 1.53. The van der Waals surface area contributed by atoms with E-state index in [0.29, 0.717) is 28.2 Å². The number of aromatic nitrogens is 3. The first kappa shape index (κ1) is 15.3. The van der Waals surface area contributed by atoms with Crippen LogP contribution in [0.25, 0.3) is 0 Å². The summed E-state index contributed by atoms with van der Waals surface area (Å²) in [7, 11) is 0. The molecule has 0 aliphatic carbocycles. The van der Waals surface area contributed by atoms with Crippen molar-refractivity contribution in [3.8, 4) is 5.75 Å². The van der Waals surface area contributed by atoms with E-state index in [9.17, 15) is 9.60 Å². The van der Waals surface area contributed by atoms with Gasteiger partial charge in [-0.1, -0.05) is 5.16 Å². The highest BCUT2D eigenvalue weighted by atomic mass is 32.2. The summed E-state index contributed by atoms with van der Waals surface area (Å²) >= 11 is 1.30. The Morgan fingerprint density at radius 2 is 2.04 bits per heavy atom. The highest BCUT2D eigenvalue weighted by Gasteiger charge is 2.11. The van der Waals surface area contributed by atoms with Crippen LogP contribution in [0.15, 0.2) is 58.2 Å². The van der Waals surface area contributed by atoms with Crippen molar-refractivity contribution >= 4 is 11.8 Å². The average molecular weight is 333 g/mol. The minimum Gasteiger partial charge on any atom is -0.618 e. The van der Waals surface area contributed by atoms with E-state index in [4.69, 9.17) is 9.26 Å². The first-order valence-corrected chi connectivity index (χ1v) is 7.70. The number of nitrogens with zero attached hydrogens (tertiary/aromatic N) is 3. The minimum atomic E-state index is -0.326. The van der Waals surface area contributed by atoms with E-state index in [1.165, 1.54) is 42.2 Å². The summed E-state index contributed by atoms with van der Waals surface area (Å²) in [5.74, 6) is 1.36. The number of hydrogen-bond donors (Lipinski definition) is 0. The van der Waals surface area contributed by atoms with Crippen LogP contribution in [0.5, 0.6) is 5.75 Å². The predicted octanol–water partition coefficient (Wildman–Crippen LogP) is 2.71. The molecule has 0 unspecified atom stereocenters. The number of thioether (sulfide) groups is 1. The second-order valence-corrected chi connectivity index (χ2v) is 5.50. The lowest BCUT2D eigenvalue weighted by Gasteiger charge is -2.02. The molecule has 23 heavy (non-hydrogen) atoms. The van der Waals surface area contributed by atoms with E-state index in [1.807, 2.05) is 0 Å². The third kappa shape index (κ3) is 4.19. The first-order valence-electron chi connectivity index (χ1n) is 6.71. The molecule has 6 nitrogen and oxygen atoms in total. The van der Waals surface area contributed by atoms with Crippen LogP contribution in [-0.4, -0.2) is 10.1 Å². The van der Waals surface area contributed by atoms with Gasteiger partial charge in [-0.2, -0.15) is 9.71 Å². The van der Waals surface area contributed by atoms with Gasteiger partial charge in [0.2, 0.25) is 11.7 Å². The second-order valence-electron chi connectivity index (χ2n) is 4.50. The van der Waals surface area contributed by atoms with E-state index >= 15 is 0 Å². The molecule has 0 saturated carbocycles. The maximum absolute atomic E-state index is 12.8. The lowest BCUT2D eigenvalue weighted by Crippen LogP contribution is -2.27. The van der Waals surface area contributed by atoms with E-state index in [0.717, 1.165) is 4.73 Å². The monoisotopic (exact) mass is 333 g/mol. The zero-order valence-corrected chi connectivity index (χ0v) is 12.7. The van der Waals surface area contributed by atoms with Gasteiger partial charge in [0.15, 0.2) is 12.8 Å². The second kappa shape index (κ2) is 7.10. The van der Waals surface area contributed by atoms with Crippen LogP contribution in [0, 0.1) is 11.0 Å². The molecule has 118 valence electrons. The fourth-order valence-corrected chi connectivity index (χ4v) is 2.50. The predicted molar refractivity (Wildman–Crippen MR) is 80.0 cm³/mol. The maximum atomic E-state index is 12.8. The molecule has 0 N–H and O–H groups in total. The molecule has 0 aliphatic heterocycles. The Labute approximate surface area is 135 Å². The van der Waals surface area contributed by atoms with Crippen molar-refractivity contribution < 1.29 is 18.4 Å². The Morgan fingerprint density at radius 3 is 2.83 bits per heavy atom. The van der Waals surface area contributed by atoms with Gasteiger partial charge >= 0.3 is 0 Å². The molecule has 0 amide bonds. The van der Waals surface area contributed by atoms with Gasteiger partial charge in [-0.05, 0) is 42.1 Å². The molecule has 0 atom stereocenters. The molecule has 0 radical (unpaired) electrons. The van der Waals surface area contributed by atoms with E-state index in [2.05, 4.69) is 10.1 Å². The number of rotatable bonds is 6. The van der Waals surface area contributed by atoms with Crippen LogP contribution in [0.4, 0.5) is 4.39 Å². The van der Waals surface area contributed by atoms with Crippen LogP contribution in [0.3, 0.4) is 0 Å². The highest BCUT2D eigenvalue weighted by Crippen LogP contribution is 2.18. The molecular formula is C15H12FN3O3S. The largest absolute Gasteiger partial charge is 0.618 e. The lowest BCUT2D eigenvalue weighted by molar-refractivity contribution is -0.645. The fraction of sp³-hybridized carbons (Fsp3) is 0.133. The summed E-state index contributed by atoms with van der Waals surface area (Å²) < 4.78 is 24.1. The number of ether oxygens (including phenoxy) is 1. The van der Waals surface area contributed by atoms with Crippen LogP contribution in [0.1, 0.15) is 11.7 Å². The standard InChI is InChI=1S/C15H12FN3O3S/c16-11-4-6-12(7-5-11)21-9-13-17-14(22-18-13)10-23-15-3-1-2-8-19(15)20/h1-8H,9-10H2. The molecule has 0 saturated heterocycles. The van der Waals surface area contributed by atoms with E-state index in [1.54, 1.807) is 18.2 Å². The summed E-state index contributed by atoms with van der Waals surface area (Å²) in [6.45, 7) is 0.118. The fourth-order valence-electron chi connectivity index (χ4n) is 1.75. The number of pyridine rings is 1. The van der Waals surface area contributed by atoms with Gasteiger partial charge in [-0.15, -0.1) is 0 Å². The summed E-state index contributed by atoms with van der Waals surface area (Å²) in [5, 5.41) is 15.9. The molecule has 0 bridgehead atoms. The molecule has 0 spiro atoms. The normalized spacial score (nSPS) is 10.7. The lowest BCUT2D eigenvalue weighted by atomic mass is 10.3. The van der Waals surface area contributed by atoms with Crippen molar-refractivity contribution in [2.24, 2.45) is 0 Å². The first-order chi connectivity index (χ1) is 11.2. The van der Waals surface area contributed by atoms with Crippen molar-refractivity contribution in [2.45, 2.75) is 17.4 Å². The van der Waals surface area contributed by atoms with Crippen LogP contribution < -0.4 is 9.47 Å². The van der Waals surface area contributed by atoms with Crippen LogP contribution in [-0.2, 0) is 12.4 Å². The Morgan fingerprint density at radius 1 is 1.22 bits per heavy atom. The zero-order valence-electron chi connectivity index (χ0n) is 11.9. The van der Waals surface area contributed by atoms with Gasteiger partial charge in [-0.25, -0.2) is 4.39 Å². The summed E-state index contributed by atoms with van der Waals surface area (Å²) in [5.41, 5.74) is 0. The molecule has 1 aromatic carbocycles. The smallest absolute Gasteiger partial charge is 0.251 e. The third-order valence-electron chi connectivity index (χ3n) is 2.82. The average Bonchev–Trinajstić information content (AvgIpc) is 3.02. The van der Waals surface area contributed by atoms with E-state index in [-0.39, 0.29) is 12.4 Å². The van der Waals surface area contributed by atoms with Crippen molar-refractivity contribution in [3.63, 3.8) is 0 Å². The molecular weight excluding hydrogens is 321 g/mol. The van der Waals surface area contributed by atoms with Gasteiger partial charge < -0.3 is 14.5 Å². The molecule has 2 aromatic heterocycles. The Bertz CT molecular complexity index is 780. The molecule has 3 rings (SSSR count). The summed E-state index contributed by atoms with van der Waals surface area (Å²) in [6, 6.07) is 10.8. The van der Waals surface area contributed by atoms with Gasteiger partial charge in [0.25, 0.3) is 5.03 Å². The topological polar surface area (TPSA) is 75.1 Å². The molecule has 0 aliphatic rings. The van der Waals surface area contributed by atoms with Gasteiger partial charge in [-0.3, -0.25) is 0 Å². The van der Waals surface area contributed by atoms with Gasteiger partial charge in [0, 0.05) is 12.1 Å². The highest BCUT2D eigenvalue weighted by molar-refractivity contribution is 7.98. The van der Waals surface area contributed by atoms with Gasteiger partial charge in [0.05, 0.1) is 5.75 Å². The number of halogens is 1. The summed E-state index contributed by atoms with van der Waals surface area (Å²) in [6.07, 6.45) is 1.43. The molecule has 2 heterocycles. The van der Waals surface area contributed by atoms with Crippen LogP contribution >= 0.6 is 11.8 Å². The third-order valence-corrected chi connectivity index (χ3v) is 3.83. The van der Waals surface area contributed by atoms with Crippen molar-refractivity contribution in [2.75, 3.05) is 0 Å². The maximum Gasteiger partial charge on any atom is 0.251 e. The van der Waals surface area contributed by atoms with Gasteiger partial charge in [0.1, 0.15) is 11.6 Å². The Kier molecular flexibility index (Phi) is 4.72. The quantitative estimate of drug-likeness (QED) is 0.392. The molecule has 3 aromatic rings. The minimum absolute atomic E-state index is 0.118. The SMILES string of the molecule is [O-][n+]1ccccc1SCc1nc(COc2ccc(F)cc2)no1. The van der Waals surface area contributed by atoms with E-state index < -0.39 is 0 Å². The number of hydrogen-bond acceptors (Lipinski definition) is 6. The van der Waals surface area contributed by atoms with Crippen molar-refractivity contribution in [1.29, 1.82) is 0 Å².